The SMILES string of the molecule is Cc1cnc(C(C)NC(=O)c2sc3cccnc3c2N)s1. The van der Waals surface area contributed by atoms with E-state index in [0.29, 0.717) is 16.1 Å². The third-order valence-electron chi connectivity index (χ3n) is 3.05. The number of thiophene rings is 1. The normalized spacial score (nSPS) is 12.5. The molecule has 1 unspecified atom stereocenters. The van der Waals surface area contributed by atoms with Crippen molar-refractivity contribution in [2.75, 3.05) is 5.73 Å². The third-order valence-corrected chi connectivity index (χ3v) is 5.30. The van der Waals surface area contributed by atoms with Gasteiger partial charge >= 0.3 is 0 Å². The maximum absolute atomic E-state index is 12.4. The highest BCUT2D eigenvalue weighted by molar-refractivity contribution is 7.21. The predicted octanol–water partition coefficient (Wildman–Crippen LogP) is 3.13. The number of hydrogen-bond acceptors (Lipinski definition) is 6. The molecule has 0 saturated carbocycles. The summed E-state index contributed by atoms with van der Waals surface area (Å²) < 4.78 is 0.915. The third kappa shape index (κ3) is 2.62. The zero-order valence-electron chi connectivity index (χ0n) is 11.6. The summed E-state index contributed by atoms with van der Waals surface area (Å²) in [7, 11) is 0. The average molecular weight is 318 g/mol. The summed E-state index contributed by atoms with van der Waals surface area (Å²) in [4.78, 5) is 22.5. The number of amides is 1. The second kappa shape index (κ2) is 5.42. The van der Waals surface area contributed by atoms with Crippen molar-refractivity contribution in [1.82, 2.24) is 15.3 Å². The number of fused-ring (bicyclic) bond motifs is 1. The van der Waals surface area contributed by atoms with E-state index in [1.54, 1.807) is 23.7 Å². The standard InChI is InChI=1S/C14H14N4OS2/c1-7-6-17-14(20-7)8(2)18-13(19)12-10(15)11-9(21-12)4-3-5-16-11/h3-6,8H,15H2,1-2H3,(H,18,19). The molecule has 3 aromatic heterocycles. The van der Waals surface area contributed by atoms with E-state index in [1.165, 1.54) is 11.3 Å². The summed E-state index contributed by atoms with van der Waals surface area (Å²) in [6.45, 7) is 3.91. The van der Waals surface area contributed by atoms with Gasteiger partial charge in [-0.05, 0) is 26.0 Å². The number of nitrogens with one attached hydrogen (secondary N) is 1. The Bertz CT molecular complexity index is 808. The summed E-state index contributed by atoms with van der Waals surface area (Å²) in [6.07, 6.45) is 3.48. The quantitative estimate of drug-likeness (QED) is 0.777. The fourth-order valence-corrected chi connectivity index (χ4v) is 3.77. The number of anilines is 1. The second-order valence-electron chi connectivity index (χ2n) is 4.70. The van der Waals surface area contributed by atoms with Crippen molar-refractivity contribution < 1.29 is 4.79 Å². The molecule has 0 aliphatic carbocycles. The summed E-state index contributed by atoms with van der Waals surface area (Å²) in [5.41, 5.74) is 7.16. The monoisotopic (exact) mass is 318 g/mol. The van der Waals surface area contributed by atoms with Gasteiger partial charge in [0.2, 0.25) is 0 Å². The number of nitrogen functional groups attached to an aromatic ring is 1. The van der Waals surface area contributed by atoms with Crippen LogP contribution in [0, 0.1) is 6.92 Å². The van der Waals surface area contributed by atoms with E-state index < -0.39 is 0 Å². The maximum atomic E-state index is 12.4. The number of aromatic nitrogens is 2. The molecular formula is C14H14N4OS2. The van der Waals surface area contributed by atoms with Crippen molar-refractivity contribution in [2.45, 2.75) is 19.9 Å². The molecule has 0 aromatic carbocycles. The number of pyridine rings is 1. The molecule has 1 atom stereocenters. The summed E-state index contributed by atoms with van der Waals surface area (Å²) in [5.74, 6) is -0.184. The van der Waals surface area contributed by atoms with Crippen molar-refractivity contribution >= 4 is 44.5 Å². The first-order valence-corrected chi connectivity index (χ1v) is 8.05. The highest BCUT2D eigenvalue weighted by atomic mass is 32.1. The average Bonchev–Trinajstić information content (AvgIpc) is 3.04. The van der Waals surface area contributed by atoms with Crippen LogP contribution in [0.25, 0.3) is 10.2 Å². The Morgan fingerprint density at radius 1 is 1.38 bits per heavy atom. The van der Waals surface area contributed by atoms with E-state index in [0.717, 1.165) is 14.6 Å². The Hall–Kier alpha value is -1.99. The number of thiazole rings is 1. The van der Waals surface area contributed by atoms with Gasteiger partial charge in [-0.3, -0.25) is 9.78 Å². The number of carbonyl (C=O) groups is 1. The van der Waals surface area contributed by atoms with Gasteiger partial charge in [0.15, 0.2) is 0 Å². The fraction of sp³-hybridized carbons (Fsp3) is 0.214. The van der Waals surface area contributed by atoms with Crippen molar-refractivity contribution in [3.63, 3.8) is 0 Å². The Morgan fingerprint density at radius 3 is 2.86 bits per heavy atom. The minimum absolute atomic E-state index is 0.145. The number of nitrogens with two attached hydrogens (primary N) is 1. The van der Waals surface area contributed by atoms with Gasteiger partial charge in [-0.15, -0.1) is 22.7 Å². The highest BCUT2D eigenvalue weighted by Gasteiger charge is 2.20. The first-order chi connectivity index (χ1) is 10.1. The number of carbonyl (C=O) groups excluding carboxylic acids is 1. The number of rotatable bonds is 3. The van der Waals surface area contributed by atoms with Gasteiger partial charge in [0.25, 0.3) is 5.91 Å². The number of hydrogen-bond donors (Lipinski definition) is 2. The van der Waals surface area contributed by atoms with E-state index >= 15 is 0 Å². The minimum atomic E-state index is -0.184. The Balaban J connectivity index is 1.85. The molecule has 0 saturated heterocycles. The molecule has 3 N–H and O–H groups in total. The lowest BCUT2D eigenvalue weighted by molar-refractivity contribution is 0.0945. The van der Waals surface area contributed by atoms with Crippen LogP contribution >= 0.6 is 22.7 Å². The molecule has 1 amide bonds. The van der Waals surface area contributed by atoms with Gasteiger partial charge in [0.05, 0.1) is 16.4 Å². The van der Waals surface area contributed by atoms with Gasteiger partial charge in [-0.25, -0.2) is 4.98 Å². The molecule has 3 heterocycles. The van der Waals surface area contributed by atoms with Gasteiger partial charge in [0.1, 0.15) is 15.4 Å². The van der Waals surface area contributed by atoms with Crippen LogP contribution in [0.1, 0.15) is 32.5 Å². The number of nitrogens with zero attached hydrogens (tertiary/aromatic N) is 2. The first kappa shape index (κ1) is 14.0. The molecule has 21 heavy (non-hydrogen) atoms. The first-order valence-electron chi connectivity index (χ1n) is 6.42. The maximum Gasteiger partial charge on any atom is 0.264 e. The van der Waals surface area contributed by atoms with E-state index in [4.69, 9.17) is 5.73 Å². The molecule has 7 heteroatoms. The Labute approximate surface area is 129 Å². The van der Waals surface area contributed by atoms with Crippen LogP contribution in [0.15, 0.2) is 24.5 Å². The van der Waals surface area contributed by atoms with Crippen LogP contribution in [0.5, 0.6) is 0 Å². The second-order valence-corrected chi connectivity index (χ2v) is 7.02. The number of aryl methyl sites for hydroxylation is 1. The minimum Gasteiger partial charge on any atom is -0.396 e. The van der Waals surface area contributed by atoms with Crippen molar-refractivity contribution in [2.24, 2.45) is 0 Å². The zero-order valence-corrected chi connectivity index (χ0v) is 13.2. The molecule has 3 rings (SSSR count). The molecule has 0 spiro atoms. The van der Waals surface area contributed by atoms with E-state index in [9.17, 15) is 4.79 Å². The highest BCUT2D eigenvalue weighted by Crippen LogP contribution is 2.32. The van der Waals surface area contributed by atoms with E-state index in [1.807, 2.05) is 26.0 Å². The van der Waals surface area contributed by atoms with E-state index in [-0.39, 0.29) is 11.9 Å². The molecule has 0 aliphatic rings. The molecule has 0 bridgehead atoms. The topological polar surface area (TPSA) is 80.9 Å². The van der Waals surface area contributed by atoms with Crippen LogP contribution in [-0.2, 0) is 0 Å². The Kier molecular flexibility index (Phi) is 3.60. The lowest BCUT2D eigenvalue weighted by Gasteiger charge is -2.10. The van der Waals surface area contributed by atoms with Gasteiger partial charge in [0, 0.05) is 17.3 Å². The lowest BCUT2D eigenvalue weighted by atomic mass is 10.3. The molecular weight excluding hydrogens is 304 g/mol. The van der Waals surface area contributed by atoms with Crippen LogP contribution in [0.4, 0.5) is 5.69 Å². The van der Waals surface area contributed by atoms with Crippen LogP contribution < -0.4 is 11.1 Å². The largest absolute Gasteiger partial charge is 0.396 e. The van der Waals surface area contributed by atoms with Crippen molar-refractivity contribution in [3.8, 4) is 0 Å². The van der Waals surface area contributed by atoms with Crippen LogP contribution in [0.2, 0.25) is 0 Å². The zero-order chi connectivity index (χ0) is 15.0. The van der Waals surface area contributed by atoms with Gasteiger partial charge in [-0.1, -0.05) is 0 Å². The van der Waals surface area contributed by atoms with Gasteiger partial charge < -0.3 is 11.1 Å². The summed E-state index contributed by atoms with van der Waals surface area (Å²) in [5, 5.41) is 3.83. The molecule has 0 fully saturated rings. The molecule has 5 nitrogen and oxygen atoms in total. The van der Waals surface area contributed by atoms with Crippen molar-refractivity contribution in [1.29, 1.82) is 0 Å². The molecule has 108 valence electrons. The van der Waals surface area contributed by atoms with E-state index in [2.05, 4.69) is 15.3 Å². The predicted molar refractivity (Wildman–Crippen MR) is 86.8 cm³/mol. The molecule has 0 aliphatic heterocycles. The smallest absolute Gasteiger partial charge is 0.264 e. The molecule has 0 radical (unpaired) electrons. The Morgan fingerprint density at radius 2 is 2.19 bits per heavy atom. The van der Waals surface area contributed by atoms with Gasteiger partial charge in [-0.2, -0.15) is 0 Å². The summed E-state index contributed by atoms with van der Waals surface area (Å²) >= 11 is 2.93. The lowest BCUT2D eigenvalue weighted by Crippen LogP contribution is -2.26. The molecule has 3 aromatic rings. The van der Waals surface area contributed by atoms with Crippen molar-refractivity contribution in [3.05, 3.63) is 39.3 Å². The summed E-state index contributed by atoms with van der Waals surface area (Å²) in [6, 6.07) is 3.60. The fourth-order valence-electron chi connectivity index (χ4n) is 2.01. The van der Waals surface area contributed by atoms with Crippen LogP contribution in [0.3, 0.4) is 0 Å². The van der Waals surface area contributed by atoms with Crippen LogP contribution in [-0.4, -0.2) is 15.9 Å².